The van der Waals surface area contributed by atoms with E-state index in [4.69, 9.17) is 11.6 Å². The molecule has 2 aliphatic rings. The second-order valence-electron chi connectivity index (χ2n) is 9.57. The van der Waals surface area contributed by atoms with E-state index in [9.17, 15) is 14.0 Å². The number of hydrogen-bond donors (Lipinski definition) is 1. The number of piperazine rings is 1. The molecule has 202 valence electrons. The van der Waals surface area contributed by atoms with Gasteiger partial charge < -0.3 is 15.1 Å². The summed E-state index contributed by atoms with van der Waals surface area (Å²) in [6.07, 6.45) is 2.62. The Labute approximate surface area is 237 Å². The number of carbonyl (C=O) groups is 2. The quantitative estimate of drug-likeness (QED) is 0.302. The first-order valence-electron chi connectivity index (χ1n) is 13.0. The SMILES string of the molecule is CN1C(=O)/C(=C/c2ccccc2Cl)Sc2ccc(C(=O)NCCCN3CCN(c4ccccc4F)CC3)cc21. The number of halogens is 2. The van der Waals surface area contributed by atoms with Crippen molar-refractivity contribution in [2.24, 2.45) is 0 Å². The number of hydrogen-bond acceptors (Lipinski definition) is 5. The second-order valence-corrected chi connectivity index (χ2v) is 11.1. The number of likely N-dealkylation sites (N-methyl/N-ethyl adjacent to an activating group) is 1. The molecule has 0 spiro atoms. The fraction of sp³-hybridized carbons (Fsp3) is 0.267. The maximum absolute atomic E-state index is 14.1. The molecule has 0 aliphatic carbocycles. The summed E-state index contributed by atoms with van der Waals surface area (Å²) in [5, 5.41) is 3.59. The Hall–Kier alpha value is -3.33. The zero-order valence-electron chi connectivity index (χ0n) is 21.7. The molecule has 5 rings (SSSR count). The number of nitrogens with one attached hydrogen (secondary N) is 1. The molecule has 1 N–H and O–H groups in total. The monoisotopic (exact) mass is 564 g/mol. The van der Waals surface area contributed by atoms with Crippen molar-refractivity contribution in [3.05, 3.63) is 93.6 Å². The summed E-state index contributed by atoms with van der Waals surface area (Å²) >= 11 is 7.65. The third kappa shape index (κ3) is 6.30. The minimum atomic E-state index is -0.181. The summed E-state index contributed by atoms with van der Waals surface area (Å²) in [7, 11) is 1.72. The van der Waals surface area contributed by atoms with Gasteiger partial charge in [-0.3, -0.25) is 14.5 Å². The van der Waals surface area contributed by atoms with Gasteiger partial charge in [-0.25, -0.2) is 4.39 Å². The van der Waals surface area contributed by atoms with E-state index in [0.717, 1.165) is 49.6 Å². The van der Waals surface area contributed by atoms with Crippen LogP contribution in [-0.2, 0) is 4.79 Å². The van der Waals surface area contributed by atoms with Gasteiger partial charge in [0.15, 0.2) is 0 Å². The summed E-state index contributed by atoms with van der Waals surface area (Å²) < 4.78 is 14.1. The summed E-state index contributed by atoms with van der Waals surface area (Å²) in [5.74, 6) is -0.482. The highest BCUT2D eigenvalue weighted by Gasteiger charge is 2.27. The molecule has 39 heavy (non-hydrogen) atoms. The van der Waals surface area contributed by atoms with Gasteiger partial charge in [-0.1, -0.05) is 53.7 Å². The van der Waals surface area contributed by atoms with E-state index in [0.29, 0.717) is 33.4 Å². The van der Waals surface area contributed by atoms with Crippen LogP contribution in [0, 0.1) is 5.82 Å². The number of carbonyl (C=O) groups excluding carboxylic acids is 2. The van der Waals surface area contributed by atoms with Crippen LogP contribution >= 0.6 is 23.4 Å². The molecule has 1 saturated heterocycles. The molecule has 0 aromatic heterocycles. The second kappa shape index (κ2) is 12.2. The average molecular weight is 565 g/mol. The molecule has 0 bridgehead atoms. The van der Waals surface area contributed by atoms with Gasteiger partial charge in [0.25, 0.3) is 11.8 Å². The molecule has 0 atom stereocenters. The lowest BCUT2D eigenvalue weighted by Gasteiger charge is -2.36. The lowest BCUT2D eigenvalue weighted by Crippen LogP contribution is -2.47. The molecule has 1 fully saturated rings. The van der Waals surface area contributed by atoms with Crippen molar-refractivity contribution in [1.29, 1.82) is 0 Å². The van der Waals surface area contributed by atoms with Crippen molar-refractivity contribution < 1.29 is 14.0 Å². The van der Waals surface area contributed by atoms with Crippen molar-refractivity contribution >= 4 is 52.6 Å². The standard InChI is InChI=1S/C30H30ClFN4O2S/c1-34-26-19-22(11-12-27(26)39-28(30(34)38)20-21-7-2-3-8-23(21)31)29(37)33-13-6-14-35-15-17-36(18-16-35)25-10-5-4-9-24(25)32/h2-5,7-12,19-20H,6,13-18H2,1H3,(H,33,37)/b28-20-. The van der Waals surface area contributed by atoms with Gasteiger partial charge in [-0.2, -0.15) is 0 Å². The molecule has 6 nitrogen and oxygen atoms in total. The van der Waals surface area contributed by atoms with E-state index in [1.807, 2.05) is 36.4 Å². The van der Waals surface area contributed by atoms with Crippen molar-refractivity contribution in [1.82, 2.24) is 10.2 Å². The molecule has 3 aromatic carbocycles. The van der Waals surface area contributed by atoms with Crippen LogP contribution in [0.15, 0.2) is 76.5 Å². The zero-order valence-corrected chi connectivity index (χ0v) is 23.3. The Kier molecular flexibility index (Phi) is 8.55. The minimum Gasteiger partial charge on any atom is -0.367 e. The summed E-state index contributed by atoms with van der Waals surface area (Å²) in [6.45, 7) is 4.70. The number of benzene rings is 3. The van der Waals surface area contributed by atoms with Crippen molar-refractivity contribution in [3.63, 3.8) is 0 Å². The number of anilines is 2. The molecule has 0 unspecified atom stereocenters. The molecule has 2 amide bonds. The van der Waals surface area contributed by atoms with Gasteiger partial charge in [0, 0.05) is 55.3 Å². The topological polar surface area (TPSA) is 55.9 Å². The number of fused-ring (bicyclic) bond motifs is 1. The third-order valence-corrected chi connectivity index (χ3v) is 8.43. The first-order chi connectivity index (χ1) is 18.9. The highest BCUT2D eigenvalue weighted by Crippen LogP contribution is 2.42. The molecule has 3 aromatic rings. The summed E-state index contributed by atoms with van der Waals surface area (Å²) in [6, 6.07) is 19.7. The molecular weight excluding hydrogens is 535 g/mol. The number of nitrogens with zero attached hydrogens (tertiary/aromatic N) is 3. The normalized spacial score (nSPS) is 16.9. The van der Waals surface area contributed by atoms with E-state index < -0.39 is 0 Å². The first-order valence-corrected chi connectivity index (χ1v) is 14.2. The molecular formula is C30H30ClFN4O2S. The maximum Gasteiger partial charge on any atom is 0.264 e. The Morgan fingerprint density at radius 3 is 2.54 bits per heavy atom. The average Bonchev–Trinajstić information content (AvgIpc) is 2.95. The predicted octanol–water partition coefficient (Wildman–Crippen LogP) is 5.53. The predicted molar refractivity (Wildman–Crippen MR) is 157 cm³/mol. The van der Waals surface area contributed by atoms with Gasteiger partial charge in [0.05, 0.1) is 16.3 Å². The number of amides is 2. The fourth-order valence-corrected chi connectivity index (χ4v) is 6.07. The zero-order chi connectivity index (χ0) is 27.4. The Bertz CT molecular complexity index is 1410. The minimum absolute atomic E-state index is 0.139. The fourth-order valence-electron chi connectivity index (χ4n) is 4.80. The van der Waals surface area contributed by atoms with Gasteiger partial charge in [0.1, 0.15) is 5.82 Å². The highest BCUT2D eigenvalue weighted by molar-refractivity contribution is 8.04. The lowest BCUT2D eigenvalue weighted by atomic mass is 10.1. The van der Waals surface area contributed by atoms with Crippen LogP contribution in [0.3, 0.4) is 0 Å². The highest BCUT2D eigenvalue weighted by atomic mass is 35.5. The van der Waals surface area contributed by atoms with Crippen molar-refractivity contribution in [2.45, 2.75) is 11.3 Å². The molecule has 0 saturated carbocycles. The van der Waals surface area contributed by atoms with E-state index in [1.54, 1.807) is 42.3 Å². The van der Waals surface area contributed by atoms with Crippen molar-refractivity contribution in [3.8, 4) is 0 Å². The maximum atomic E-state index is 14.1. The smallest absolute Gasteiger partial charge is 0.264 e. The third-order valence-electron chi connectivity index (χ3n) is 7.01. The molecule has 2 aliphatic heterocycles. The van der Waals surface area contributed by atoms with E-state index in [2.05, 4.69) is 15.1 Å². The molecule has 2 heterocycles. The van der Waals surface area contributed by atoms with Gasteiger partial charge in [0.2, 0.25) is 0 Å². The molecule has 0 radical (unpaired) electrons. The summed E-state index contributed by atoms with van der Waals surface area (Å²) in [4.78, 5) is 33.3. The Balaban J connectivity index is 1.12. The number of rotatable bonds is 7. The Morgan fingerprint density at radius 1 is 1.03 bits per heavy atom. The number of thioether (sulfide) groups is 1. The van der Waals surface area contributed by atoms with Crippen LogP contribution in [0.5, 0.6) is 0 Å². The number of para-hydroxylation sites is 1. The van der Waals surface area contributed by atoms with E-state index >= 15 is 0 Å². The van der Waals surface area contributed by atoms with Crippen LogP contribution in [0.2, 0.25) is 5.02 Å². The van der Waals surface area contributed by atoms with Crippen LogP contribution in [0.25, 0.3) is 6.08 Å². The van der Waals surface area contributed by atoms with Crippen LogP contribution in [0.1, 0.15) is 22.3 Å². The molecule has 9 heteroatoms. The largest absolute Gasteiger partial charge is 0.367 e. The van der Waals surface area contributed by atoms with Gasteiger partial charge in [-0.05, 0) is 61.0 Å². The van der Waals surface area contributed by atoms with Gasteiger partial charge >= 0.3 is 0 Å². The van der Waals surface area contributed by atoms with Gasteiger partial charge in [-0.15, -0.1) is 0 Å². The summed E-state index contributed by atoms with van der Waals surface area (Å²) in [5.41, 5.74) is 2.68. The van der Waals surface area contributed by atoms with Crippen LogP contribution in [-0.4, -0.2) is 63.0 Å². The lowest BCUT2D eigenvalue weighted by molar-refractivity contribution is -0.114. The van der Waals surface area contributed by atoms with Crippen LogP contribution < -0.4 is 15.1 Å². The first kappa shape index (κ1) is 27.2. The van der Waals surface area contributed by atoms with E-state index in [-0.39, 0.29) is 17.6 Å². The van der Waals surface area contributed by atoms with E-state index in [1.165, 1.54) is 17.8 Å². The van der Waals surface area contributed by atoms with Crippen molar-refractivity contribution in [2.75, 3.05) is 56.1 Å². The Morgan fingerprint density at radius 2 is 1.77 bits per heavy atom. The van der Waals surface area contributed by atoms with Crippen LogP contribution in [0.4, 0.5) is 15.8 Å².